The zero-order valence-electron chi connectivity index (χ0n) is 16.4. The molecule has 0 saturated carbocycles. The van der Waals surface area contributed by atoms with E-state index in [1.54, 1.807) is 0 Å². The molecule has 0 radical (unpaired) electrons. The second-order valence-corrected chi connectivity index (χ2v) is 8.12. The van der Waals surface area contributed by atoms with Crippen molar-refractivity contribution in [2.45, 2.75) is 0 Å². The molecule has 7 heteroatoms. The van der Waals surface area contributed by atoms with Crippen LogP contribution >= 0.6 is 0 Å². The Kier molecular flexibility index (Phi) is 2.91. The second kappa shape index (κ2) is 5.54. The van der Waals surface area contributed by atoms with E-state index in [-0.39, 0.29) is 0 Å². The molecule has 31 heavy (non-hydrogen) atoms. The van der Waals surface area contributed by atoms with Crippen LogP contribution in [0.15, 0.2) is 60.7 Å². The van der Waals surface area contributed by atoms with Crippen LogP contribution in [0.1, 0.15) is 0 Å². The molecule has 7 nitrogen and oxygen atoms in total. The highest BCUT2D eigenvalue weighted by molar-refractivity contribution is 6.15. The molecule has 0 aliphatic carbocycles. The molecule has 7 rings (SSSR count). The second-order valence-electron chi connectivity index (χ2n) is 8.12. The van der Waals surface area contributed by atoms with Gasteiger partial charge in [0, 0.05) is 43.6 Å². The van der Waals surface area contributed by atoms with Crippen molar-refractivity contribution in [3.05, 3.63) is 60.7 Å². The first kappa shape index (κ1) is 16.3. The van der Waals surface area contributed by atoms with Crippen molar-refractivity contribution in [1.29, 1.82) is 0 Å². The van der Waals surface area contributed by atoms with E-state index in [1.165, 1.54) is 10.8 Å². The summed E-state index contributed by atoms with van der Waals surface area (Å²) >= 11 is 0. The van der Waals surface area contributed by atoms with Gasteiger partial charge in [-0.05, 0) is 60.7 Å². The maximum atomic E-state index is 5.84. The Labute approximate surface area is 175 Å². The molecule has 5 heterocycles. The van der Waals surface area contributed by atoms with Crippen molar-refractivity contribution in [3.8, 4) is 22.8 Å². The Morgan fingerprint density at radius 3 is 1.32 bits per heavy atom. The van der Waals surface area contributed by atoms with Crippen molar-refractivity contribution >= 4 is 55.2 Å². The van der Waals surface area contributed by atoms with Crippen molar-refractivity contribution in [3.63, 3.8) is 0 Å². The van der Waals surface area contributed by atoms with Gasteiger partial charge in [-0.3, -0.25) is 0 Å². The van der Waals surface area contributed by atoms with Crippen LogP contribution < -0.4 is 11.5 Å². The third-order valence-corrected chi connectivity index (χ3v) is 6.07. The van der Waals surface area contributed by atoms with E-state index in [0.29, 0.717) is 11.6 Å². The number of benzene rings is 2. The van der Waals surface area contributed by atoms with Crippen LogP contribution in [0, 0.1) is 0 Å². The largest absolute Gasteiger partial charge is 0.385 e. The van der Waals surface area contributed by atoms with E-state index in [2.05, 4.69) is 61.3 Å². The monoisotopic (exact) mass is 405 g/mol. The minimum atomic E-state index is 0.656. The molecule has 2 aromatic carbocycles. The van der Waals surface area contributed by atoms with Crippen LogP contribution in [0.2, 0.25) is 0 Å². The smallest absolute Gasteiger partial charge is 0.101 e. The number of nitrogens with two attached hydrogens (primary N) is 2. The van der Waals surface area contributed by atoms with Gasteiger partial charge in [0.05, 0.1) is 22.8 Å². The highest BCUT2D eigenvalue weighted by Gasteiger charge is 2.12. The first-order valence-corrected chi connectivity index (χ1v) is 10.1. The number of aromatic nitrogens is 5. The van der Waals surface area contributed by atoms with Gasteiger partial charge in [-0.15, -0.1) is 0 Å². The normalized spacial score (nSPS) is 12.1. The van der Waals surface area contributed by atoms with E-state index in [1.807, 2.05) is 24.3 Å². The molecule has 0 aliphatic heterocycles. The maximum Gasteiger partial charge on any atom is 0.101 e. The molecule has 0 unspecified atom stereocenters. The van der Waals surface area contributed by atoms with Crippen LogP contribution in [0.4, 0.5) is 11.6 Å². The van der Waals surface area contributed by atoms with Crippen LogP contribution in [0.25, 0.3) is 66.4 Å². The molecule has 9 N–H and O–H groups in total. The zero-order chi connectivity index (χ0) is 20.7. The molecule has 0 fully saturated rings. The molecule has 5 aromatic heterocycles. The molecule has 0 aliphatic rings. The highest BCUT2D eigenvalue weighted by Crippen LogP contribution is 2.35. The van der Waals surface area contributed by atoms with Gasteiger partial charge in [-0.25, -0.2) is 0 Å². The Balaban J connectivity index is 1.42. The predicted molar refractivity (Wildman–Crippen MR) is 128 cm³/mol. The third kappa shape index (κ3) is 2.34. The van der Waals surface area contributed by atoms with Crippen molar-refractivity contribution in [2.75, 3.05) is 11.5 Å². The van der Waals surface area contributed by atoms with E-state index >= 15 is 0 Å². The minimum Gasteiger partial charge on any atom is -0.385 e. The summed E-state index contributed by atoms with van der Waals surface area (Å²) in [6, 6.07) is 20.8. The lowest BCUT2D eigenvalue weighted by atomic mass is 10.1. The molecule has 0 bridgehead atoms. The molecular formula is C24H19N7. The Morgan fingerprint density at radius 1 is 0.419 bits per heavy atom. The fourth-order valence-electron chi connectivity index (χ4n) is 4.59. The first-order valence-electron chi connectivity index (χ1n) is 10.1. The molecule has 0 atom stereocenters. The summed E-state index contributed by atoms with van der Waals surface area (Å²) < 4.78 is 0. The summed E-state index contributed by atoms with van der Waals surface area (Å²) in [7, 11) is 0. The number of nitrogens with one attached hydrogen (secondary N) is 5. The van der Waals surface area contributed by atoms with Gasteiger partial charge in [0.2, 0.25) is 0 Å². The average Bonchev–Trinajstić information content (AvgIpc) is 3.54. The number of aromatic amines is 5. The summed E-state index contributed by atoms with van der Waals surface area (Å²) in [5, 5.41) is 4.67. The van der Waals surface area contributed by atoms with Gasteiger partial charge >= 0.3 is 0 Å². The van der Waals surface area contributed by atoms with Crippen molar-refractivity contribution in [2.24, 2.45) is 0 Å². The fraction of sp³-hybridized carbons (Fsp3) is 0. The Hall–Kier alpha value is -4.52. The zero-order valence-corrected chi connectivity index (χ0v) is 16.4. The lowest BCUT2D eigenvalue weighted by Gasteiger charge is -1.95. The third-order valence-electron chi connectivity index (χ3n) is 6.07. The van der Waals surface area contributed by atoms with Gasteiger partial charge in [0.1, 0.15) is 11.6 Å². The fourth-order valence-corrected chi connectivity index (χ4v) is 4.59. The van der Waals surface area contributed by atoms with Gasteiger partial charge in [0.25, 0.3) is 0 Å². The summed E-state index contributed by atoms with van der Waals surface area (Å²) in [6.07, 6.45) is 0. The predicted octanol–water partition coefficient (Wildman–Crippen LogP) is 5.44. The average molecular weight is 405 g/mol. The number of hydrogen-bond acceptors (Lipinski definition) is 2. The van der Waals surface area contributed by atoms with Crippen LogP contribution in [0.5, 0.6) is 0 Å². The molecule has 0 amide bonds. The first-order chi connectivity index (χ1) is 15.1. The Bertz CT molecular complexity index is 1640. The highest BCUT2D eigenvalue weighted by atomic mass is 14.9. The summed E-state index contributed by atoms with van der Waals surface area (Å²) in [6.45, 7) is 0. The number of fused-ring (bicyclic) bond motifs is 5. The molecule has 0 spiro atoms. The number of anilines is 2. The number of rotatable bonds is 2. The van der Waals surface area contributed by atoms with Crippen LogP contribution in [-0.4, -0.2) is 24.9 Å². The summed E-state index contributed by atoms with van der Waals surface area (Å²) in [5.74, 6) is 1.31. The van der Waals surface area contributed by atoms with E-state index < -0.39 is 0 Å². The molecular weight excluding hydrogens is 386 g/mol. The van der Waals surface area contributed by atoms with Crippen LogP contribution in [-0.2, 0) is 0 Å². The Morgan fingerprint density at radius 2 is 0.903 bits per heavy atom. The summed E-state index contributed by atoms with van der Waals surface area (Å²) in [4.78, 5) is 17.0. The maximum absolute atomic E-state index is 5.84. The minimum absolute atomic E-state index is 0.656. The molecule has 0 saturated heterocycles. The topological polar surface area (TPSA) is 131 Å². The van der Waals surface area contributed by atoms with Crippen molar-refractivity contribution < 1.29 is 0 Å². The van der Waals surface area contributed by atoms with Gasteiger partial charge < -0.3 is 36.4 Å². The van der Waals surface area contributed by atoms with Gasteiger partial charge in [-0.2, -0.15) is 0 Å². The molecule has 150 valence electrons. The lowest BCUT2D eigenvalue weighted by Crippen LogP contribution is -1.83. The van der Waals surface area contributed by atoms with E-state index in [0.717, 1.165) is 55.6 Å². The standard InChI is InChI=1S/C24H19N7/c25-23-3-1-15(30-23)21-7-11-5-19-13(9-17(11)27-21)14-10-18-12(6-20(14)29-19)8-22(28-18)16-2-4-24(26)31-16/h1-10,27-31H,25-26H2. The van der Waals surface area contributed by atoms with E-state index in [9.17, 15) is 0 Å². The number of nitrogen functional groups attached to an aromatic ring is 2. The SMILES string of the molecule is Nc1ccc(-c2cc3cc4[nH]c5cc6cc(-c7ccc(N)[nH]7)[nH]c6cc5c4cc3[nH]2)[nH]1. The lowest BCUT2D eigenvalue weighted by molar-refractivity contribution is 1.35. The molecule has 7 aromatic rings. The number of hydrogen-bond donors (Lipinski definition) is 7. The quantitative estimate of drug-likeness (QED) is 0.206. The van der Waals surface area contributed by atoms with Gasteiger partial charge in [0.15, 0.2) is 0 Å². The van der Waals surface area contributed by atoms with Crippen molar-refractivity contribution in [1.82, 2.24) is 24.9 Å². The van der Waals surface area contributed by atoms with Crippen LogP contribution in [0.3, 0.4) is 0 Å². The number of H-pyrrole nitrogens is 5. The van der Waals surface area contributed by atoms with E-state index in [4.69, 9.17) is 11.5 Å². The van der Waals surface area contributed by atoms with Gasteiger partial charge in [-0.1, -0.05) is 0 Å². The summed E-state index contributed by atoms with van der Waals surface area (Å²) in [5.41, 5.74) is 20.1.